The molecule has 0 fully saturated rings. The Balaban J connectivity index is 1.67. The van der Waals surface area contributed by atoms with Gasteiger partial charge in [-0.05, 0) is 49.4 Å². The van der Waals surface area contributed by atoms with E-state index in [1.165, 1.54) is 7.11 Å². The van der Waals surface area contributed by atoms with E-state index in [2.05, 4.69) is 20.1 Å². The first-order valence-electron chi connectivity index (χ1n) is 10.0. The van der Waals surface area contributed by atoms with Crippen molar-refractivity contribution in [3.63, 3.8) is 0 Å². The molecule has 2 heterocycles. The van der Waals surface area contributed by atoms with Gasteiger partial charge in [-0.3, -0.25) is 4.79 Å². The molecular formula is C24H22N4O5. The molecule has 0 bridgehead atoms. The molecule has 0 aliphatic carbocycles. The van der Waals surface area contributed by atoms with Gasteiger partial charge in [0.15, 0.2) is 11.3 Å². The van der Waals surface area contributed by atoms with Crippen molar-refractivity contribution in [3.05, 3.63) is 71.5 Å². The van der Waals surface area contributed by atoms with Crippen molar-refractivity contribution in [2.24, 2.45) is 0 Å². The Morgan fingerprint density at radius 3 is 2.21 bits per heavy atom. The molecule has 4 aromatic rings. The van der Waals surface area contributed by atoms with Crippen molar-refractivity contribution >= 4 is 23.2 Å². The first kappa shape index (κ1) is 21.8. The molecule has 0 atom stereocenters. The SMILES string of the molecule is COC(=O)c1ccc(NC(=O)c2cc3nccc(-c4cc(OC)c(C)c(OC)c4)n3n2)cc1. The second-order valence-corrected chi connectivity index (χ2v) is 7.16. The molecule has 0 radical (unpaired) electrons. The standard InChI is InChI=1S/C24H22N4O5/c1-14-20(31-2)11-16(12-21(14)32-3)19-9-10-25-22-13-18(27-28(19)22)23(29)26-17-7-5-15(6-8-17)24(30)33-4/h5-13H,1-4H3,(H,26,29). The van der Waals surface area contributed by atoms with E-state index in [1.54, 1.807) is 61.3 Å². The van der Waals surface area contributed by atoms with Crippen LogP contribution in [0.1, 0.15) is 26.4 Å². The number of fused-ring (bicyclic) bond motifs is 1. The molecular weight excluding hydrogens is 424 g/mol. The minimum absolute atomic E-state index is 0.193. The number of amides is 1. The Morgan fingerprint density at radius 2 is 1.61 bits per heavy atom. The molecule has 0 saturated carbocycles. The summed E-state index contributed by atoms with van der Waals surface area (Å²) in [7, 11) is 4.51. The van der Waals surface area contributed by atoms with Gasteiger partial charge in [0.2, 0.25) is 0 Å². The molecule has 1 amide bonds. The molecule has 0 unspecified atom stereocenters. The zero-order valence-corrected chi connectivity index (χ0v) is 18.6. The fraction of sp³-hybridized carbons (Fsp3) is 0.167. The molecule has 1 N–H and O–H groups in total. The number of carbonyl (C=O) groups is 2. The summed E-state index contributed by atoms with van der Waals surface area (Å²) >= 11 is 0. The van der Waals surface area contributed by atoms with Gasteiger partial charge in [0, 0.05) is 29.1 Å². The first-order chi connectivity index (χ1) is 15.9. The van der Waals surface area contributed by atoms with Crippen LogP contribution in [-0.2, 0) is 4.74 Å². The zero-order chi connectivity index (χ0) is 23.5. The Bertz CT molecular complexity index is 1320. The number of nitrogens with one attached hydrogen (secondary N) is 1. The first-order valence-corrected chi connectivity index (χ1v) is 10.0. The molecule has 0 spiro atoms. The highest BCUT2D eigenvalue weighted by molar-refractivity contribution is 6.03. The Morgan fingerprint density at radius 1 is 0.939 bits per heavy atom. The molecule has 0 saturated heterocycles. The topological polar surface area (TPSA) is 104 Å². The lowest BCUT2D eigenvalue weighted by Crippen LogP contribution is -2.13. The quantitative estimate of drug-likeness (QED) is 0.450. The predicted molar refractivity (Wildman–Crippen MR) is 122 cm³/mol. The van der Waals surface area contributed by atoms with Crippen LogP contribution in [0, 0.1) is 6.92 Å². The van der Waals surface area contributed by atoms with E-state index in [-0.39, 0.29) is 5.69 Å². The Kier molecular flexibility index (Phi) is 5.95. The summed E-state index contributed by atoms with van der Waals surface area (Å²) in [5, 5.41) is 7.24. The largest absolute Gasteiger partial charge is 0.496 e. The normalized spacial score (nSPS) is 10.7. The highest BCUT2D eigenvalue weighted by atomic mass is 16.5. The molecule has 168 valence electrons. The fourth-order valence-electron chi connectivity index (χ4n) is 3.46. The van der Waals surface area contributed by atoms with Gasteiger partial charge in [0.1, 0.15) is 11.5 Å². The van der Waals surface area contributed by atoms with Crippen molar-refractivity contribution in [1.29, 1.82) is 0 Å². The van der Waals surface area contributed by atoms with Crippen LogP contribution in [-0.4, -0.2) is 47.8 Å². The van der Waals surface area contributed by atoms with Gasteiger partial charge in [-0.15, -0.1) is 0 Å². The molecule has 33 heavy (non-hydrogen) atoms. The van der Waals surface area contributed by atoms with Crippen LogP contribution in [0.3, 0.4) is 0 Å². The number of methoxy groups -OCH3 is 3. The van der Waals surface area contributed by atoms with Gasteiger partial charge in [0.05, 0.1) is 32.6 Å². The van der Waals surface area contributed by atoms with E-state index in [4.69, 9.17) is 9.47 Å². The van der Waals surface area contributed by atoms with Crippen LogP contribution in [0.4, 0.5) is 5.69 Å². The second-order valence-electron chi connectivity index (χ2n) is 7.16. The van der Waals surface area contributed by atoms with Crippen molar-refractivity contribution < 1.29 is 23.8 Å². The third-order valence-electron chi connectivity index (χ3n) is 5.20. The number of anilines is 1. The number of ether oxygens (including phenoxy) is 3. The number of benzene rings is 2. The number of hydrogen-bond acceptors (Lipinski definition) is 7. The smallest absolute Gasteiger partial charge is 0.337 e. The summed E-state index contributed by atoms with van der Waals surface area (Å²) in [5.74, 6) is 0.497. The number of rotatable bonds is 6. The summed E-state index contributed by atoms with van der Waals surface area (Å²) in [6, 6.07) is 13.6. The Labute approximate surface area is 189 Å². The lowest BCUT2D eigenvalue weighted by atomic mass is 10.1. The Hall–Kier alpha value is -4.40. The number of hydrogen-bond donors (Lipinski definition) is 1. The maximum Gasteiger partial charge on any atom is 0.337 e. The van der Waals surface area contributed by atoms with E-state index in [1.807, 2.05) is 19.1 Å². The van der Waals surface area contributed by atoms with Crippen LogP contribution >= 0.6 is 0 Å². The molecule has 9 nitrogen and oxygen atoms in total. The van der Waals surface area contributed by atoms with Gasteiger partial charge in [-0.1, -0.05) is 0 Å². The van der Waals surface area contributed by atoms with Crippen LogP contribution in [0.2, 0.25) is 0 Å². The average Bonchev–Trinajstić information content (AvgIpc) is 3.29. The maximum atomic E-state index is 12.8. The van der Waals surface area contributed by atoms with Gasteiger partial charge in [-0.2, -0.15) is 5.10 Å². The summed E-state index contributed by atoms with van der Waals surface area (Å²) in [6.45, 7) is 1.91. The van der Waals surface area contributed by atoms with Crippen LogP contribution in [0.25, 0.3) is 16.9 Å². The highest BCUT2D eigenvalue weighted by Crippen LogP contribution is 2.34. The predicted octanol–water partition coefficient (Wildman–Crippen LogP) is 3.76. The second kappa shape index (κ2) is 8.99. The molecule has 0 aliphatic rings. The van der Waals surface area contributed by atoms with Gasteiger partial charge in [0.25, 0.3) is 5.91 Å². The minimum atomic E-state index is -0.448. The molecule has 4 rings (SSSR count). The molecule has 2 aromatic heterocycles. The summed E-state index contributed by atoms with van der Waals surface area (Å²) < 4.78 is 17.2. The van der Waals surface area contributed by atoms with E-state index < -0.39 is 11.9 Å². The van der Waals surface area contributed by atoms with Crippen LogP contribution in [0.15, 0.2) is 54.7 Å². The van der Waals surface area contributed by atoms with Crippen LogP contribution in [0.5, 0.6) is 11.5 Å². The van der Waals surface area contributed by atoms with Crippen molar-refractivity contribution in [1.82, 2.24) is 14.6 Å². The third kappa shape index (κ3) is 4.20. The van der Waals surface area contributed by atoms with Crippen molar-refractivity contribution in [3.8, 4) is 22.8 Å². The van der Waals surface area contributed by atoms with E-state index >= 15 is 0 Å². The lowest BCUT2D eigenvalue weighted by Gasteiger charge is -2.13. The maximum absolute atomic E-state index is 12.8. The number of carbonyl (C=O) groups excluding carboxylic acids is 2. The van der Waals surface area contributed by atoms with Gasteiger partial charge >= 0.3 is 5.97 Å². The molecule has 2 aromatic carbocycles. The van der Waals surface area contributed by atoms with E-state index in [9.17, 15) is 9.59 Å². The third-order valence-corrected chi connectivity index (χ3v) is 5.20. The van der Waals surface area contributed by atoms with Crippen molar-refractivity contribution in [2.75, 3.05) is 26.6 Å². The van der Waals surface area contributed by atoms with E-state index in [0.717, 1.165) is 16.8 Å². The summed E-state index contributed by atoms with van der Waals surface area (Å²) in [4.78, 5) is 28.7. The van der Waals surface area contributed by atoms with Crippen molar-refractivity contribution in [2.45, 2.75) is 6.92 Å². The highest BCUT2D eigenvalue weighted by Gasteiger charge is 2.17. The average molecular weight is 446 g/mol. The number of aromatic nitrogens is 3. The number of nitrogens with zero attached hydrogens (tertiary/aromatic N) is 3. The zero-order valence-electron chi connectivity index (χ0n) is 18.6. The fourth-order valence-corrected chi connectivity index (χ4v) is 3.46. The molecule has 0 aliphatic heterocycles. The monoisotopic (exact) mass is 446 g/mol. The van der Waals surface area contributed by atoms with Gasteiger partial charge in [-0.25, -0.2) is 14.3 Å². The number of esters is 1. The van der Waals surface area contributed by atoms with E-state index in [0.29, 0.717) is 28.4 Å². The summed E-state index contributed by atoms with van der Waals surface area (Å²) in [5.41, 5.74) is 4.02. The van der Waals surface area contributed by atoms with Gasteiger partial charge < -0.3 is 19.5 Å². The minimum Gasteiger partial charge on any atom is -0.496 e. The van der Waals surface area contributed by atoms with Crippen LogP contribution < -0.4 is 14.8 Å². The molecule has 9 heteroatoms. The summed E-state index contributed by atoms with van der Waals surface area (Å²) in [6.07, 6.45) is 1.65. The lowest BCUT2D eigenvalue weighted by molar-refractivity contribution is 0.0600.